The standard InChI is InChI=1S/C25H19ClN4O4S/c26-20-7-3-1-6-18(20)25(33)34-16-11-9-15(10-12-16)14-28-30-23(32)22(31)29-24-19(13-27)17-5-2-4-8-21(17)35-24/h1,3,6-7,9-12,14H,2,4-5,8H2,(H,29,31)(H,30,32). The lowest BCUT2D eigenvalue weighted by molar-refractivity contribution is -0.136. The molecule has 35 heavy (non-hydrogen) atoms. The van der Waals surface area contributed by atoms with Crippen molar-refractivity contribution in [1.82, 2.24) is 5.43 Å². The molecule has 0 atom stereocenters. The van der Waals surface area contributed by atoms with Gasteiger partial charge in [0, 0.05) is 4.88 Å². The number of ether oxygens (including phenoxy) is 1. The Morgan fingerprint density at radius 2 is 1.80 bits per heavy atom. The topological polar surface area (TPSA) is 121 Å². The van der Waals surface area contributed by atoms with Crippen LogP contribution in [0.25, 0.3) is 0 Å². The third kappa shape index (κ3) is 5.74. The quantitative estimate of drug-likeness (QED) is 0.174. The van der Waals surface area contributed by atoms with E-state index in [9.17, 15) is 19.6 Å². The van der Waals surface area contributed by atoms with Crippen LogP contribution in [0.4, 0.5) is 5.00 Å². The molecule has 0 aliphatic heterocycles. The summed E-state index contributed by atoms with van der Waals surface area (Å²) in [6.45, 7) is 0. The van der Waals surface area contributed by atoms with Crippen molar-refractivity contribution in [3.63, 3.8) is 0 Å². The Balaban J connectivity index is 1.31. The Labute approximate surface area is 210 Å². The number of rotatable bonds is 5. The van der Waals surface area contributed by atoms with Crippen molar-refractivity contribution in [3.05, 3.63) is 80.7 Å². The molecule has 2 N–H and O–H groups in total. The zero-order chi connectivity index (χ0) is 24.8. The van der Waals surface area contributed by atoms with Gasteiger partial charge in [-0.05, 0) is 73.2 Å². The summed E-state index contributed by atoms with van der Waals surface area (Å²) >= 11 is 7.35. The smallest absolute Gasteiger partial charge is 0.345 e. The maximum absolute atomic E-state index is 12.3. The van der Waals surface area contributed by atoms with Gasteiger partial charge in [-0.3, -0.25) is 9.59 Å². The highest BCUT2D eigenvalue weighted by atomic mass is 35.5. The summed E-state index contributed by atoms with van der Waals surface area (Å²) < 4.78 is 5.30. The third-order valence-corrected chi connectivity index (χ3v) is 6.82. The molecule has 1 aliphatic carbocycles. The molecular weight excluding hydrogens is 488 g/mol. The maximum atomic E-state index is 12.3. The first-order valence-corrected chi connectivity index (χ1v) is 11.9. The summed E-state index contributed by atoms with van der Waals surface area (Å²) in [5.74, 6) is -2.13. The number of aryl methyl sites for hydroxylation is 1. The molecule has 2 amide bonds. The fraction of sp³-hybridized carbons (Fsp3) is 0.160. The number of halogens is 1. The van der Waals surface area contributed by atoms with Crippen molar-refractivity contribution in [2.24, 2.45) is 5.10 Å². The van der Waals surface area contributed by atoms with Crippen LogP contribution in [0.1, 0.15) is 44.8 Å². The minimum atomic E-state index is -0.957. The molecule has 4 rings (SSSR count). The molecule has 176 valence electrons. The normalized spacial score (nSPS) is 12.5. The van der Waals surface area contributed by atoms with Crippen LogP contribution in [-0.2, 0) is 22.4 Å². The number of esters is 1. The van der Waals surface area contributed by atoms with Gasteiger partial charge >= 0.3 is 17.8 Å². The highest BCUT2D eigenvalue weighted by molar-refractivity contribution is 7.16. The summed E-state index contributed by atoms with van der Waals surface area (Å²) in [5.41, 5.74) is 4.42. The van der Waals surface area contributed by atoms with Gasteiger partial charge in [0.05, 0.1) is 22.4 Å². The van der Waals surface area contributed by atoms with Crippen LogP contribution in [0.15, 0.2) is 53.6 Å². The van der Waals surface area contributed by atoms with Crippen molar-refractivity contribution < 1.29 is 19.1 Å². The average Bonchev–Trinajstić information content (AvgIpc) is 3.22. The Hall–Kier alpha value is -4.00. The van der Waals surface area contributed by atoms with E-state index < -0.39 is 17.8 Å². The zero-order valence-electron chi connectivity index (χ0n) is 18.3. The lowest BCUT2D eigenvalue weighted by Crippen LogP contribution is -2.32. The number of hydrogen-bond donors (Lipinski definition) is 2. The summed E-state index contributed by atoms with van der Waals surface area (Å²) in [5, 5.41) is 16.5. The van der Waals surface area contributed by atoms with Crippen molar-refractivity contribution in [2.45, 2.75) is 25.7 Å². The molecule has 1 heterocycles. The summed E-state index contributed by atoms with van der Waals surface area (Å²) in [6, 6.07) is 15.1. The van der Waals surface area contributed by atoms with Crippen molar-refractivity contribution >= 4 is 51.9 Å². The monoisotopic (exact) mass is 506 g/mol. The lowest BCUT2D eigenvalue weighted by Gasteiger charge is -2.09. The van der Waals surface area contributed by atoms with Gasteiger partial charge in [0.2, 0.25) is 0 Å². The molecule has 2 aromatic carbocycles. The Morgan fingerprint density at radius 3 is 2.54 bits per heavy atom. The van der Waals surface area contributed by atoms with Crippen LogP contribution in [-0.4, -0.2) is 24.0 Å². The van der Waals surface area contributed by atoms with Crippen molar-refractivity contribution in [1.29, 1.82) is 5.26 Å². The molecule has 10 heteroatoms. The molecule has 1 aromatic heterocycles. The van der Waals surface area contributed by atoms with Gasteiger partial charge in [0.25, 0.3) is 0 Å². The van der Waals surface area contributed by atoms with Crippen LogP contribution in [0.2, 0.25) is 5.02 Å². The van der Waals surface area contributed by atoms with E-state index in [2.05, 4.69) is 21.9 Å². The van der Waals surface area contributed by atoms with E-state index in [1.54, 1.807) is 48.5 Å². The van der Waals surface area contributed by atoms with Gasteiger partial charge in [0.15, 0.2) is 0 Å². The number of amides is 2. The number of nitrogens with one attached hydrogen (secondary N) is 2. The Kier molecular flexibility index (Phi) is 7.55. The van der Waals surface area contributed by atoms with E-state index in [0.717, 1.165) is 36.1 Å². The van der Waals surface area contributed by atoms with Crippen LogP contribution in [0.3, 0.4) is 0 Å². The molecule has 0 spiro atoms. The number of thiophene rings is 1. The highest BCUT2D eigenvalue weighted by Crippen LogP contribution is 2.37. The van der Waals surface area contributed by atoms with Crippen LogP contribution >= 0.6 is 22.9 Å². The number of carbonyl (C=O) groups is 3. The van der Waals surface area contributed by atoms with E-state index >= 15 is 0 Å². The van der Waals surface area contributed by atoms with Gasteiger partial charge in [-0.2, -0.15) is 10.4 Å². The molecule has 0 saturated carbocycles. The number of carbonyl (C=O) groups excluding carboxylic acids is 3. The molecule has 8 nitrogen and oxygen atoms in total. The maximum Gasteiger partial charge on any atom is 0.345 e. The van der Waals surface area contributed by atoms with Gasteiger partial charge in [0.1, 0.15) is 16.8 Å². The second-order valence-electron chi connectivity index (χ2n) is 7.62. The van der Waals surface area contributed by atoms with Gasteiger partial charge in [-0.15, -0.1) is 11.3 Å². The molecule has 0 saturated heterocycles. The molecule has 3 aromatic rings. The number of nitrogens with zero attached hydrogens (tertiary/aromatic N) is 2. The van der Waals surface area contributed by atoms with Crippen LogP contribution in [0.5, 0.6) is 5.75 Å². The van der Waals surface area contributed by atoms with Crippen molar-refractivity contribution in [3.8, 4) is 11.8 Å². The van der Waals surface area contributed by atoms with Crippen LogP contribution in [0, 0.1) is 11.3 Å². The minimum Gasteiger partial charge on any atom is -0.423 e. The first-order chi connectivity index (χ1) is 17.0. The molecule has 0 bridgehead atoms. The number of hydrazone groups is 1. The number of nitriles is 1. The molecule has 1 aliphatic rings. The van der Waals surface area contributed by atoms with Gasteiger partial charge < -0.3 is 10.1 Å². The minimum absolute atomic E-state index is 0.255. The van der Waals surface area contributed by atoms with Gasteiger partial charge in [-0.1, -0.05) is 23.7 Å². The second-order valence-corrected chi connectivity index (χ2v) is 9.13. The molecule has 0 radical (unpaired) electrons. The number of anilines is 1. The molecule has 0 unspecified atom stereocenters. The van der Waals surface area contributed by atoms with Crippen molar-refractivity contribution in [2.75, 3.05) is 5.32 Å². The predicted octanol–water partition coefficient (Wildman–Crippen LogP) is 4.46. The van der Waals surface area contributed by atoms with E-state index in [4.69, 9.17) is 16.3 Å². The molecule has 0 fully saturated rings. The number of fused-ring (bicyclic) bond motifs is 1. The fourth-order valence-electron chi connectivity index (χ4n) is 3.56. The largest absolute Gasteiger partial charge is 0.423 e. The lowest BCUT2D eigenvalue weighted by atomic mass is 9.96. The zero-order valence-corrected chi connectivity index (χ0v) is 19.9. The number of benzene rings is 2. The predicted molar refractivity (Wildman–Crippen MR) is 133 cm³/mol. The van der Waals surface area contributed by atoms with E-state index in [1.165, 1.54) is 17.6 Å². The first-order valence-electron chi connectivity index (χ1n) is 10.7. The Bertz CT molecular complexity index is 1360. The first kappa shape index (κ1) is 24.1. The average molecular weight is 507 g/mol. The van der Waals surface area contributed by atoms with E-state index in [1.807, 2.05) is 0 Å². The summed E-state index contributed by atoms with van der Waals surface area (Å²) in [6.07, 6.45) is 5.07. The number of hydrogen-bond acceptors (Lipinski definition) is 7. The van der Waals surface area contributed by atoms with E-state index in [-0.39, 0.29) is 5.56 Å². The Morgan fingerprint density at radius 1 is 1.06 bits per heavy atom. The summed E-state index contributed by atoms with van der Waals surface area (Å²) in [7, 11) is 0. The second kappa shape index (κ2) is 11.0. The highest BCUT2D eigenvalue weighted by Gasteiger charge is 2.23. The van der Waals surface area contributed by atoms with E-state index in [0.29, 0.717) is 26.9 Å². The SMILES string of the molecule is N#Cc1c(NC(=O)C(=O)NN=Cc2ccc(OC(=O)c3ccccc3Cl)cc2)sc2c1CCCC2. The third-order valence-electron chi connectivity index (χ3n) is 5.28. The van der Waals surface area contributed by atoms with Gasteiger partial charge in [-0.25, -0.2) is 10.2 Å². The van der Waals surface area contributed by atoms with Crippen LogP contribution < -0.4 is 15.5 Å². The molecular formula is C25H19ClN4O4S. The summed E-state index contributed by atoms with van der Waals surface area (Å²) in [4.78, 5) is 37.7. The fourth-order valence-corrected chi connectivity index (χ4v) is 5.01.